The van der Waals surface area contributed by atoms with E-state index in [0.29, 0.717) is 19.0 Å². The molecule has 0 radical (unpaired) electrons. The molecule has 0 saturated heterocycles. The number of fused-ring (bicyclic) bond motifs is 1. The fourth-order valence-electron chi connectivity index (χ4n) is 2.21. The van der Waals surface area contributed by atoms with Gasteiger partial charge < -0.3 is 20.1 Å². The lowest BCUT2D eigenvalue weighted by molar-refractivity contribution is -0.117. The number of amides is 1. The quantitative estimate of drug-likeness (QED) is 0.737. The van der Waals surface area contributed by atoms with Crippen molar-refractivity contribution in [2.75, 3.05) is 25.1 Å². The Labute approximate surface area is 133 Å². The Kier molecular flexibility index (Phi) is 5.61. The Morgan fingerprint density at radius 3 is 2.81 bits per heavy atom. The highest BCUT2D eigenvalue weighted by molar-refractivity contribution is 9.10. The molecule has 1 heterocycles. The Balaban J connectivity index is 2.06. The van der Waals surface area contributed by atoms with Gasteiger partial charge in [-0.3, -0.25) is 4.79 Å². The lowest BCUT2D eigenvalue weighted by atomic mass is 10.1. The van der Waals surface area contributed by atoms with Crippen molar-refractivity contribution in [1.29, 1.82) is 0 Å². The first kappa shape index (κ1) is 16.3. The van der Waals surface area contributed by atoms with Crippen LogP contribution in [0.3, 0.4) is 0 Å². The molecule has 0 fully saturated rings. The van der Waals surface area contributed by atoms with Gasteiger partial charge in [0.25, 0.3) is 0 Å². The van der Waals surface area contributed by atoms with Crippen LogP contribution in [0.1, 0.15) is 32.4 Å². The van der Waals surface area contributed by atoms with Crippen LogP contribution in [0, 0.1) is 0 Å². The van der Waals surface area contributed by atoms with Crippen molar-refractivity contribution < 1.29 is 14.3 Å². The number of hydrogen-bond acceptors (Lipinski definition) is 4. The molecule has 1 aliphatic rings. The van der Waals surface area contributed by atoms with E-state index in [-0.39, 0.29) is 18.1 Å². The van der Waals surface area contributed by atoms with E-state index in [0.717, 1.165) is 22.3 Å². The lowest BCUT2D eigenvalue weighted by Gasteiger charge is -2.13. The zero-order valence-corrected chi connectivity index (χ0v) is 14.1. The zero-order chi connectivity index (χ0) is 15.4. The van der Waals surface area contributed by atoms with Crippen molar-refractivity contribution >= 4 is 27.5 Å². The highest BCUT2D eigenvalue weighted by atomic mass is 79.9. The second kappa shape index (κ2) is 7.24. The average molecular weight is 357 g/mol. The highest BCUT2D eigenvalue weighted by Gasteiger charge is 2.30. The molecule has 1 atom stereocenters. The van der Waals surface area contributed by atoms with Gasteiger partial charge in [-0.1, -0.05) is 6.92 Å². The summed E-state index contributed by atoms with van der Waals surface area (Å²) in [7, 11) is 0. The van der Waals surface area contributed by atoms with Gasteiger partial charge in [-0.25, -0.2) is 0 Å². The summed E-state index contributed by atoms with van der Waals surface area (Å²) in [6, 6.07) is 3.49. The van der Waals surface area contributed by atoms with E-state index < -0.39 is 0 Å². The molecule has 0 bridgehead atoms. The number of halogens is 1. The number of rotatable bonds is 7. The summed E-state index contributed by atoms with van der Waals surface area (Å²) in [6.07, 6.45) is 0.192. The Hall–Kier alpha value is -1.11. The zero-order valence-electron chi connectivity index (χ0n) is 12.5. The number of hydrogen-bond donors (Lipinski definition) is 2. The number of nitrogens with one attached hydrogen (secondary N) is 2. The molecule has 2 rings (SSSR count). The summed E-state index contributed by atoms with van der Waals surface area (Å²) in [5.74, 6) is 0.678. The fourth-order valence-corrected chi connectivity index (χ4v) is 2.69. The van der Waals surface area contributed by atoms with Gasteiger partial charge in [0.2, 0.25) is 5.91 Å². The summed E-state index contributed by atoms with van der Waals surface area (Å²) in [6.45, 7) is 7.70. The molecule has 5 nitrogen and oxygen atoms in total. The first-order chi connectivity index (χ1) is 10.0. The predicted octanol–water partition coefficient (Wildman–Crippen LogP) is 2.86. The molecule has 0 aliphatic carbocycles. The summed E-state index contributed by atoms with van der Waals surface area (Å²) in [5, 5.41) is 6.04. The third kappa shape index (κ3) is 3.96. The summed E-state index contributed by atoms with van der Waals surface area (Å²) < 4.78 is 12.0. The number of ether oxygens (including phenoxy) is 2. The Morgan fingerprint density at radius 1 is 1.38 bits per heavy atom. The number of benzene rings is 1. The predicted molar refractivity (Wildman–Crippen MR) is 85.8 cm³/mol. The van der Waals surface area contributed by atoms with Crippen LogP contribution >= 0.6 is 15.9 Å². The molecule has 2 N–H and O–H groups in total. The van der Waals surface area contributed by atoms with Crippen molar-refractivity contribution in [3.8, 4) is 5.75 Å². The Morgan fingerprint density at radius 2 is 2.14 bits per heavy atom. The van der Waals surface area contributed by atoms with Crippen LogP contribution in [0.4, 0.5) is 5.69 Å². The Bertz CT molecular complexity index is 520. The van der Waals surface area contributed by atoms with Gasteiger partial charge >= 0.3 is 0 Å². The van der Waals surface area contributed by atoms with Gasteiger partial charge in [-0.05, 0) is 42.4 Å². The van der Waals surface area contributed by atoms with Crippen LogP contribution in [0.15, 0.2) is 16.6 Å². The second-order valence-electron chi connectivity index (χ2n) is 5.12. The molecule has 6 heteroatoms. The first-order valence-corrected chi connectivity index (χ1v) is 7.94. The molecule has 1 aliphatic heterocycles. The maximum absolute atomic E-state index is 11.9. The van der Waals surface area contributed by atoms with E-state index in [1.807, 2.05) is 32.9 Å². The van der Waals surface area contributed by atoms with E-state index >= 15 is 0 Å². The van der Waals surface area contributed by atoms with Crippen molar-refractivity contribution in [2.24, 2.45) is 0 Å². The highest BCUT2D eigenvalue weighted by Crippen LogP contribution is 2.38. The van der Waals surface area contributed by atoms with Gasteiger partial charge in [0.15, 0.2) is 0 Å². The minimum Gasteiger partial charge on any atom is -0.490 e. The van der Waals surface area contributed by atoms with E-state index in [2.05, 4.69) is 26.6 Å². The van der Waals surface area contributed by atoms with E-state index in [1.54, 1.807) is 0 Å². The van der Waals surface area contributed by atoms with E-state index in [9.17, 15) is 4.79 Å². The van der Waals surface area contributed by atoms with Crippen LogP contribution < -0.4 is 15.4 Å². The van der Waals surface area contributed by atoms with Crippen molar-refractivity contribution in [1.82, 2.24) is 5.32 Å². The molecule has 0 saturated carbocycles. The van der Waals surface area contributed by atoms with Gasteiger partial charge in [-0.2, -0.15) is 0 Å². The minimum absolute atomic E-state index is 0.0287. The molecular weight excluding hydrogens is 336 g/mol. The molecule has 116 valence electrons. The molecule has 1 aromatic rings. The first-order valence-electron chi connectivity index (χ1n) is 7.15. The van der Waals surface area contributed by atoms with Crippen LogP contribution in [0.2, 0.25) is 0 Å². The fraction of sp³-hybridized carbons (Fsp3) is 0.533. The molecule has 0 aromatic heterocycles. The third-order valence-electron chi connectivity index (χ3n) is 3.14. The normalized spacial score (nSPS) is 17.0. The minimum atomic E-state index is -0.292. The van der Waals surface area contributed by atoms with Gasteiger partial charge in [-0.15, -0.1) is 0 Å². The lowest BCUT2D eigenvalue weighted by Crippen LogP contribution is -2.27. The molecular formula is C15H21BrN2O3. The summed E-state index contributed by atoms with van der Waals surface area (Å²) >= 11 is 3.50. The van der Waals surface area contributed by atoms with Gasteiger partial charge in [0, 0.05) is 17.3 Å². The van der Waals surface area contributed by atoms with Crippen LogP contribution in [-0.2, 0) is 9.53 Å². The van der Waals surface area contributed by atoms with Crippen LogP contribution in [0.5, 0.6) is 5.75 Å². The van der Waals surface area contributed by atoms with Crippen LogP contribution in [-0.4, -0.2) is 31.8 Å². The SMILES string of the molecule is CCNC1C(=O)Nc2cc(OCCOC(C)C)c(Br)cc21. The van der Waals surface area contributed by atoms with Crippen molar-refractivity contribution in [3.05, 3.63) is 22.2 Å². The second-order valence-corrected chi connectivity index (χ2v) is 5.97. The summed E-state index contributed by atoms with van der Waals surface area (Å²) in [4.78, 5) is 11.9. The van der Waals surface area contributed by atoms with Crippen LogP contribution in [0.25, 0.3) is 0 Å². The molecule has 1 amide bonds. The molecule has 0 spiro atoms. The molecule has 1 aromatic carbocycles. The standard InChI is InChI=1S/C15H21BrN2O3/c1-4-17-14-10-7-11(16)13(8-12(10)18-15(14)19)21-6-5-20-9(2)3/h7-9,14,17H,4-6H2,1-3H3,(H,18,19). The molecule has 1 unspecified atom stereocenters. The summed E-state index contributed by atoms with van der Waals surface area (Å²) in [5.41, 5.74) is 1.74. The van der Waals surface area contributed by atoms with Crippen molar-refractivity contribution in [3.63, 3.8) is 0 Å². The van der Waals surface area contributed by atoms with Crippen molar-refractivity contribution in [2.45, 2.75) is 32.9 Å². The average Bonchev–Trinajstić information content (AvgIpc) is 2.71. The van der Waals surface area contributed by atoms with E-state index in [4.69, 9.17) is 9.47 Å². The maximum atomic E-state index is 11.9. The number of anilines is 1. The number of likely N-dealkylation sites (N-methyl/N-ethyl adjacent to an activating group) is 1. The maximum Gasteiger partial charge on any atom is 0.246 e. The largest absolute Gasteiger partial charge is 0.490 e. The molecule has 21 heavy (non-hydrogen) atoms. The number of carbonyl (C=O) groups is 1. The van der Waals surface area contributed by atoms with Gasteiger partial charge in [0.1, 0.15) is 18.4 Å². The van der Waals surface area contributed by atoms with E-state index in [1.165, 1.54) is 0 Å². The third-order valence-corrected chi connectivity index (χ3v) is 3.76. The monoisotopic (exact) mass is 356 g/mol. The number of carbonyl (C=O) groups excluding carboxylic acids is 1. The topological polar surface area (TPSA) is 59.6 Å². The smallest absolute Gasteiger partial charge is 0.246 e. The van der Waals surface area contributed by atoms with Gasteiger partial charge in [0.05, 0.1) is 17.2 Å².